The van der Waals surface area contributed by atoms with E-state index in [1.807, 2.05) is 60.7 Å². The lowest BCUT2D eigenvalue weighted by atomic mass is 10.0. The third-order valence-corrected chi connectivity index (χ3v) is 8.76. The SMILES string of the molecule is O=C(/C=C/C(=O)ON1CCO[C@H](C(Oc2cccc(Cl)c2F)c2ccccc2)C1)ON1CCO[C@H](C(Oc2cccc(Cl)c2F)c2ccccc2)C1. The Morgan fingerprint density at radius 2 is 1.04 bits per heavy atom. The maximum absolute atomic E-state index is 14.8. The third kappa shape index (κ3) is 9.65. The van der Waals surface area contributed by atoms with Crippen LogP contribution in [0.2, 0.25) is 10.0 Å². The molecule has 2 heterocycles. The molecule has 4 atom stereocenters. The summed E-state index contributed by atoms with van der Waals surface area (Å²) in [6, 6.07) is 27.2. The molecule has 4 aromatic rings. The summed E-state index contributed by atoms with van der Waals surface area (Å²) in [6.07, 6.45) is -0.955. The van der Waals surface area contributed by atoms with Crippen LogP contribution in [-0.4, -0.2) is 73.7 Å². The molecule has 272 valence electrons. The van der Waals surface area contributed by atoms with Gasteiger partial charge in [0.1, 0.15) is 12.2 Å². The van der Waals surface area contributed by atoms with Crippen LogP contribution in [0, 0.1) is 11.6 Å². The summed E-state index contributed by atoms with van der Waals surface area (Å²) >= 11 is 11.9. The molecule has 0 aromatic heterocycles. The Morgan fingerprint density at radius 3 is 1.44 bits per heavy atom. The predicted molar refractivity (Wildman–Crippen MR) is 186 cm³/mol. The van der Waals surface area contributed by atoms with Crippen LogP contribution >= 0.6 is 23.2 Å². The first kappa shape index (κ1) is 37.2. The average molecular weight is 756 g/mol. The van der Waals surface area contributed by atoms with Crippen molar-refractivity contribution in [3.63, 3.8) is 0 Å². The third-order valence-electron chi connectivity index (χ3n) is 8.18. The molecule has 0 aliphatic carbocycles. The molecule has 52 heavy (non-hydrogen) atoms. The summed E-state index contributed by atoms with van der Waals surface area (Å²) in [4.78, 5) is 36.5. The highest BCUT2D eigenvalue weighted by Crippen LogP contribution is 2.34. The molecule has 0 N–H and O–H groups in total. The highest BCUT2D eigenvalue weighted by Gasteiger charge is 2.35. The van der Waals surface area contributed by atoms with Crippen molar-refractivity contribution in [3.05, 3.63) is 142 Å². The topological polar surface area (TPSA) is 96.0 Å². The largest absolute Gasteiger partial charge is 0.480 e. The average Bonchev–Trinajstić information content (AvgIpc) is 3.16. The van der Waals surface area contributed by atoms with Crippen LogP contribution in [0.4, 0.5) is 8.78 Å². The first-order valence-electron chi connectivity index (χ1n) is 16.4. The maximum atomic E-state index is 14.8. The second-order valence-corrected chi connectivity index (χ2v) is 12.6. The fourth-order valence-corrected chi connectivity index (χ4v) is 6.04. The number of hydrogen-bond acceptors (Lipinski definition) is 10. The van der Waals surface area contributed by atoms with Crippen molar-refractivity contribution in [3.8, 4) is 11.5 Å². The van der Waals surface area contributed by atoms with Crippen molar-refractivity contribution < 1.29 is 47.0 Å². The zero-order valence-electron chi connectivity index (χ0n) is 27.6. The van der Waals surface area contributed by atoms with Gasteiger partial charge in [0.05, 0.1) is 49.4 Å². The number of nitrogens with zero attached hydrogens (tertiary/aromatic N) is 2. The summed E-state index contributed by atoms with van der Waals surface area (Å²) in [6.45, 7) is 1.03. The maximum Gasteiger partial charge on any atom is 0.349 e. The monoisotopic (exact) mass is 754 g/mol. The van der Waals surface area contributed by atoms with E-state index in [1.165, 1.54) is 34.4 Å². The second-order valence-electron chi connectivity index (χ2n) is 11.8. The van der Waals surface area contributed by atoms with E-state index in [2.05, 4.69) is 0 Å². The van der Waals surface area contributed by atoms with E-state index in [1.54, 1.807) is 12.1 Å². The number of carbonyl (C=O) groups excluding carboxylic acids is 2. The van der Waals surface area contributed by atoms with Gasteiger partial charge in [0, 0.05) is 12.2 Å². The summed E-state index contributed by atoms with van der Waals surface area (Å²) in [5.41, 5.74) is 1.43. The molecule has 2 aliphatic heterocycles. The van der Waals surface area contributed by atoms with Gasteiger partial charge < -0.3 is 28.6 Å². The Bertz CT molecular complexity index is 1720. The summed E-state index contributed by atoms with van der Waals surface area (Å²) in [5, 5.41) is 2.61. The van der Waals surface area contributed by atoms with Gasteiger partial charge >= 0.3 is 11.9 Å². The Morgan fingerprint density at radius 1 is 0.635 bits per heavy atom. The molecule has 0 saturated carbocycles. The van der Waals surface area contributed by atoms with Crippen LogP contribution in [0.15, 0.2) is 109 Å². The number of rotatable bonds is 12. The molecule has 0 bridgehead atoms. The smallest absolute Gasteiger partial charge is 0.349 e. The highest BCUT2D eigenvalue weighted by atomic mass is 35.5. The molecular weight excluding hydrogens is 721 g/mol. The zero-order valence-corrected chi connectivity index (χ0v) is 29.1. The van der Waals surface area contributed by atoms with E-state index < -0.39 is 48.0 Å². The van der Waals surface area contributed by atoms with Crippen molar-refractivity contribution in [2.45, 2.75) is 24.4 Å². The Hall–Kier alpha value is -4.56. The van der Waals surface area contributed by atoms with Gasteiger partial charge in [-0.2, -0.15) is 0 Å². The fourth-order valence-electron chi connectivity index (χ4n) is 5.71. The van der Waals surface area contributed by atoms with Crippen molar-refractivity contribution in [1.82, 2.24) is 10.1 Å². The Kier molecular flexibility index (Phi) is 12.7. The van der Waals surface area contributed by atoms with E-state index in [0.29, 0.717) is 11.1 Å². The normalized spacial score (nSPS) is 19.5. The van der Waals surface area contributed by atoms with Crippen LogP contribution < -0.4 is 9.47 Å². The molecule has 2 aliphatic rings. The molecule has 14 heteroatoms. The van der Waals surface area contributed by atoms with Crippen molar-refractivity contribution in [2.24, 2.45) is 0 Å². The van der Waals surface area contributed by atoms with E-state index in [-0.39, 0.29) is 60.9 Å². The van der Waals surface area contributed by atoms with Gasteiger partial charge in [-0.15, -0.1) is 10.1 Å². The molecule has 10 nitrogen and oxygen atoms in total. The molecular formula is C38H34Cl2F2N2O8. The summed E-state index contributed by atoms with van der Waals surface area (Å²) < 4.78 is 53.6. The summed E-state index contributed by atoms with van der Waals surface area (Å²) in [7, 11) is 0. The van der Waals surface area contributed by atoms with Gasteiger partial charge in [-0.1, -0.05) is 96.0 Å². The van der Waals surface area contributed by atoms with Crippen LogP contribution in [0.25, 0.3) is 0 Å². The number of benzene rings is 4. The number of halogens is 4. The lowest BCUT2D eigenvalue weighted by molar-refractivity contribution is -0.220. The molecule has 0 spiro atoms. The molecule has 0 amide bonds. The second kappa shape index (κ2) is 17.8. The fraction of sp³-hybridized carbons (Fsp3) is 0.263. The molecule has 2 unspecified atom stereocenters. The lowest BCUT2D eigenvalue weighted by Gasteiger charge is -2.36. The van der Waals surface area contributed by atoms with Crippen molar-refractivity contribution >= 4 is 35.1 Å². The number of carbonyl (C=O) groups is 2. The van der Waals surface area contributed by atoms with Gasteiger partial charge in [0.2, 0.25) is 0 Å². The van der Waals surface area contributed by atoms with Gasteiger partial charge in [-0.25, -0.2) is 18.4 Å². The van der Waals surface area contributed by atoms with Crippen LogP contribution in [0.1, 0.15) is 23.3 Å². The zero-order chi connectivity index (χ0) is 36.5. The van der Waals surface area contributed by atoms with Crippen LogP contribution in [0.3, 0.4) is 0 Å². The molecule has 0 radical (unpaired) electrons. The van der Waals surface area contributed by atoms with Crippen molar-refractivity contribution in [1.29, 1.82) is 0 Å². The minimum atomic E-state index is -0.823. The van der Waals surface area contributed by atoms with Crippen molar-refractivity contribution in [2.75, 3.05) is 39.4 Å². The minimum Gasteiger partial charge on any atom is -0.480 e. The van der Waals surface area contributed by atoms with Crippen LogP contribution in [0.5, 0.6) is 11.5 Å². The van der Waals surface area contributed by atoms with Gasteiger partial charge in [0.15, 0.2) is 35.3 Å². The van der Waals surface area contributed by atoms with Gasteiger partial charge in [-0.3, -0.25) is 0 Å². The number of hydrogen-bond donors (Lipinski definition) is 0. The van der Waals surface area contributed by atoms with E-state index in [9.17, 15) is 18.4 Å². The molecule has 4 aromatic carbocycles. The van der Waals surface area contributed by atoms with E-state index in [0.717, 1.165) is 12.2 Å². The number of ether oxygens (including phenoxy) is 4. The standard InChI is InChI=1S/C38H34Cl2F2N2O8/c39-27-13-7-15-29(35(27)41)49-37(25-9-3-1-4-10-25)31-23-43(19-21-47-31)51-33(45)17-18-34(46)52-44-20-22-48-32(24-44)38(26-11-5-2-6-12-26)50-30-16-8-14-28(40)36(30)42/h1-18,31-32,37-38H,19-24H2/b18-17+/t31-,32-,37?,38?/m0/s1. The molecule has 2 fully saturated rings. The van der Waals surface area contributed by atoms with E-state index in [4.69, 9.17) is 51.8 Å². The van der Waals surface area contributed by atoms with Gasteiger partial charge in [0.25, 0.3) is 0 Å². The Balaban J connectivity index is 1.05. The minimum absolute atomic E-state index is 0.0507. The molecule has 6 rings (SSSR count). The van der Waals surface area contributed by atoms with E-state index >= 15 is 0 Å². The first-order valence-corrected chi connectivity index (χ1v) is 17.2. The number of hydroxylamine groups is 4. The lowest BCUT2D eigenvalue weighted by Crippen LogP contribution is -2.47. The Labute approximate surface area is 308 Å². The highest BCUT2D eigenvalue weighted by molar-refractivity contribution is 6.31. The quantitative estimate of drug-likeness (QED) is 0.140. The summed E-state index contributed by atoms with van der Waals surface area (Å²) in [5.74, 6) is -3.15. The van der Waals surface area contributed by atoms with Gasteiger partial charge in [-0.05, 0) is 35.4 Å². The van der Waals surface area contributed by atoms with Crippen LogP contribution in [-0.2, 0) is 28.7 Å². The predicted octanol–water partition coefficient (Wildman–Crippen LogP) is 7.09. The number of morpholine rings is 2. The molecule has 2 saturated heterocycles. The first-order chi connectivity index (χ1) is 25.2.